The van der Waals surface area contributed by atoms with Gasteiger partial charge in [-0.25, -0.2) is 13.7 Å². The Labute approximate surface area is 178 Å². The van der Waals surface area contributed by atoms with Gasteiger partial charge >= 0.3 is 0 Å². The maximum Gasteiger partial charge on any atom is 0.282 e. The lowest BCUT2D eigenvalue weighted by atomic mass is 10.0. The number of amides is 2. The second-order valence-corrected chi connectivity index (χ2v) is 7.63. The number of rotatable bonds is 4. The molecule has 2 aromatic rings. The first-order chi connectivity index (χ1) is 14.4. The van der Waals surface area contributed by atoms with Crippen molar-refractivity contribution in [1.29, 1.82) is 0 Å². The molecule has 0 aliphatic carbocycles. The average Bonchev–Trinajstić information content (AvgIpc) is 2.99. The summed E-state index contributed by atoms with van der Waals surface area (Å²) in [6.07, 6.45) is 0. The molecule has 0 N–H and O–H groups in total. The van der Waals surface area contributed by atoms with E-state index in [1.807, 2.05) is 4.90 Å². The fourth-order valence-corrected chi connectivity index (χ4v) is 3.98. The van der Waals surface area contributed by atoms with Crippen LogP contribution in [0.3, 0.4) is 0 Å². The topological polar surface area (TPSA) is 43.9 Å². The molecule has 0 aromatic heterocycles. The summed E-state index contributed by atoms with van der Waals surface area (Å²) in [6, 6.07) is 9.39. The Balaban J connectivity index is 1.79. The zero-order valence-electron chi connectivity index (χ0n) is 16.4. The second kappa shape index (κ2) is 8.16. The standard InChI is InChI=1S/C22H20ClF2N3O2/c1-2-26-9-11-27(12-10-26)20-19(14-3-5-15(23)6-4-14)21(29)28(22(20)30)18-8-7-16(24)13-17(18)25/h3-8,13H,2,9-12H2,1H3. The van der Waals surface area contributed by atoms with Crippen molar-refractivity contribution in [3.63, 3.8) is 0 Å². The van der Waals surface area contributed by atoms with Gasteiger partial charge in [-0.2, -0.15) is 0 Å². The van der Waals surface area contributed by atoms with Crippen molar-refractivity contribution in [1.82, 2.24) is 9.80 Å². The number of benzene rings is 2. The Morgan fingerprint density at radius 2 is 1.60 bits per heavy atom. The van der Waals surface area contributed by atoms with Crippen molar-refractivity contribution in [2.45, 2.75) is 6.92 Å². The van der Waals surface area contributed by atoms with Crippen molar-refractivity contribution >= 4 is 34.7 Å². The molecule has 2 amide bonds. The summed E-state index contributed by atoms with van der Waals surface area (Å²) in [4.78, 5) is 31.6. The molecular formula is C22H20ClF2N3O2. The molecule has 8 heteroatoms. The van der Waals surface area contributed by atoms with Gasteiger partial charge in [0.1, 0.15) is 17.3 Å². The number of imide groups is 1. The van der Waals surface area contributed by atoms with Crippen LogP contribution in [0.4, 0.5) is 14.5 Å². The molecule has 5 nitrogen and oxygen atoms in total. The van der Waals surface area contributed by atoms with Gasteiger partial charge in [-0.15, -0.1) is 0 Å². The first kappa shape index (κ1) is 20.5. The maximum absolute atomic E-state index is 14.5. The highest BCUT2D eigenvalue weighted by Gasteiger charge is 2.43. The molecule has 156 valence electrons. The first-order valence-electron chi connectivity index (χ1n) is 9.72. The smallest absolute Gasteiger partial charge is 0.282 e. The van der Waals surface area contributed by atoms with Gasteiger partial charge in [0.2, 0.25) is 0 Å². The highest BCUT2D eigenvalue weighted by molar-refractivity contribution is 6.45. The highest BCUT2D eigenvalue weighted by atomic mass is 35.5. The van der Waals surface area contributed by atoms with Gasteiger partial charge in [0.15, 0.2) is 0 Å². The zero-order chi connectivity index (χ0) is 21.4. The summed E-state index contributed by atoms with van der Waals surface area (Å²) in [5.74, 6) is -3.00. The Morgan fingerprint density at radius 1 is 0.933 bits per heavy atom. The normalized spacial score (nSPS) is 18.0. The fraction of sp³-hybridized carbons (Fsp3) is 0.273. The molecule has 1 fully saturated rings. The molecule has 1 saturated heterocycles. The summed E-state index contributed by atoms with van der Waals surface area (Å²) in [6.45, 7) is 5.60. The first-order valence-corrected chi connectivity index (χ1v) is 10.1. The highest BCUT2D eigenvalue weighted by Crippen LogP contribution is 2.36. The van der Waals surface area contributed by atoms with Gasteiger partial charge in [0.25, 0.3) is 11.8 Å². The molecule has 2 aliphatic rings. The number of piperazine rings is 1. The van der Waals surface area contributed by atoms with Crippen LogP contribution in [0.5, 0.6) is 0 Å². The molecule has 30 heavy (non-hydrogen) atoms. The van der Waals surface area contributed by atoms with Crippen LogP contribution < -0.4 is 4.90 Å². The lowest BCUT2D eigenvalue weighted by molar-refractivity contribution is -0.120. The number of nitrogens with zero attached hydrogens (tertiary/aromatic N) is 3. The zero-order valence-corrected chi connectivity index (χ0v) is 17.1. The number of hydrogen-bond acceptors (Lipinski definition) is 4. The third-order valence-corrected chi connectivity index (χ3v) is 5.73. The van der Waals surface area contributed by atoms with Gasteiger partial charge in [-0.05, 0) is 36.4 Å². The minimum Gasteiger partial charge on any atom is -0.364 e. The predicted molar refractivity (Wildman–Crippen MR) is 111 cm³/mol. The molecule has 0 unspecified atom stereocenters. The number of halogens is 3. The van der Waals surface area contributed by atoms with Crippen LogP contribution in [-0.2, 0) is 9.59 Å². The van der Waals surface area contributed by atoms with Gasteiger partial charge in [0, 0.05) is 37.3 Å². The average molecular weight is 432 g/mol. The van der Waals surface area contributed by atoms with E-state index < -0.39 is 23.4 Å². The molecule has 4 rings (SSSR count). The molecule has 0 atom stereocenters. The van der Waals surface area contributed by atoms with Crippen LogP contribution in [0.15, 0.2) is 48.2 Å². The van der Waals surface area contributed by atoms with E-state index in [1.165, 1.54) is 0 Å². The van der Waals surface area contributed by atoms with Crippen LogP contribution in [0.25, 0.3) is 5.57 Å². The lowest BCUT2D eigenvalue weighted by Gasteiger charge is -2.36. The molecule has 2 aromatic carbocycles. The number of hydrogen-bond donors (Lipinski definition) is 0. The van der Waals surface area contributed by atoms with Crippen molar-refractivity contribution in [3.05, 3.63) is 70.4 Å². The van der Waals surface area contributed by atoms with E-state index in [1.54, 1.807) is 24.3 Å². The lowest BCUT2D eigenvalue weighted by Crippen LogP contribution is -2.47. The van der Waals surface area contributed by atoms with E-state index in [0.717, 1.165) is 36.7 Å². The Morgan fingerprint density at radius 3 is 2.20 bits per heavy atom. The van der Waals surface area contributed by atoms with Gasteiger partial charge in [-0.3, -0.25) is 9.59 Å². The van der Waals surface area contributed by atoms with Crippen molar-refractivity contribution < 1.29 is 18.4 Å². The van der Waals surface area contributed by atoms with Crippen LogP contribution >= 0.6 is 11.6 Å². The maximum atomic E-state index is 14.5. The van der Waals surface area contributed by atoms with Crippen LogP contribution in [0.1, 0.15) is 12.5 Å². The van der Waals surface area contributed by atoms with Crippen molar-refractivity contribution in [3.8, 4) is 0 Å². The molecular weight excluding hydrogens is 412 g/mol. The van der Waals surface area contributed by atoms with Gasteiger partial charge in [0.05, 0.1) is 11.3 Å². The number of anilines is 1. The van der Waals surface area contributed by atoms with E-state index in [-0.39, 0.29) is 17.0 Å². The Hall–Kier alpha value is -2.77. The van der Waals surface area contributed by atoms with E-state index in [0.29, 0.717) is 29.7 Å². The summed E-state index contributed by atoms with van der Waals surface area (Å²) >= 11 is 5.98. The third kappa shape index (κ3) is 3.59. The number of likely N-dealkylation sites (N-methyl/N-ethyl adjacent to an activating group) is 1. The predicted octanol–water partition coefficient (Wildman–Crippen LogP) is 3.54. The molecule has 0 bridgehead atoms. The molecule has 0 saturated carbocycles. The summed E-state index contributed by atoms with van der Waals surface area (Å²) in [7, 11) is 0. The monoisotopic (exact) mass is 431 g/mol. The minimum absolute atomic E-state index is 0.199. The van der Waals surface area contributed by atoms with Crippen LogP contribution in [0, 0.1) is 11.6 Å². The van der Waals surface area contributed by atoms with Crippen LogP contribution in [-0.4, -0.2) is 54.3 Å². The Bertz CT molecular complexity index is 1030. The molecule has 0 radical (unpaired) electrons. The van der Waals surface area contributed by atoms with Crippen LogP contribution in [0.2, 0.25) is 5.02 Å². The SMILES string of the molecule is CCN1CCN(C2=C(c3ccc(Cl)cc3)C(=O)N(c3ccc(F)cc3F)C2=O)CC1. The summed E-state index contributed by atoms with van der Waals surface area (Å²) in [5.41, 5.74) is 0.697. The van der Waals surface area contributed by atoms with Crippen molar-refractivity contribution in [2.75, 3.05) is 37.6 Å². The Kier molecular flexibility index (Phi) is 5.58. The minimum atomic E-state index is -0.968. The van der Waals surface area contributed by atoms with Gasteiger partial charge < -0.3 is 9.80 Å². The summed E-state index contributed by atoms with van der Waals surface area (Å²) in [5, 5.41) is 0.496. The third-order valence-electron chi connectivity index (χ3n) is 5.48. The number of carbonyl (C=O) groups is 2. The fourth-order valence-electron chi connectivity index (χ4n) is 3.86. The van der Waals surface area contributed by atoms with Crippen molar-refractivity contribution in [2.24, 2.45) is 0 Å². The van der Waals surface area contributed by atoms with E-state index >= 15 is 0 Å². The van der Waals surface area contributed by atoms with Gasteiger partial charge in [-0.1, -0.05) is 30.7 Å². The summed E-state index contributed by atoms with van der Waals surface area (Å²) < 4.78 is 27.8. The number of carbonyl (C=O) groups excluding carboxylic acids is 2. The van der Waals surface area contributed by atoms with E-state index in [2.05, 4.69) is 11.8 Å². The largest absolute Gasteiger partial charge is 0.364 e. The molecule has 0 spiro atoms. The molecule has 2 heterocycles. The quantitative estimate of drug-likeness (QED) is 0.695. The van der Waals surface area contributed by atoms with E-state index in [4.69, 9.17) is 11.6 Å². The molecule has 2 aliphatic heterocycles. The van der Waals surface area contributed by atoms with E-state index in [9.17, 15) is 18.4 Å². The second-order valence-electron chi connectivity index (χ2n) is 7.19.